The van der Waals surface area contributed by atoms with Crippen LogP contribution in [0.5, 0.6) is 0 Å². The van der Waals surface area contributed by atoms with Crippen molar-refractivity contribution in [2.24, 2.45) is 11.7 Å². The van der Waals surface area contributed by atoms with Crippen LogP contribution >= 0.6 is 0 Å². The van der Waals surface area contributed by atoms with E-state index >= 15 is 0 Å². The van der Waals surface area contributed by atoms with Gasteiger partial charge in [0.1, 0.15) is 0 Å². The zero-order valence-corrected chi connectivity index (χ0v) is 10.9. The average molecular weight is 222 g/mol. The van der Waals surface area contributed by atoms with Gasteiger partial charge in [-0.3, -0.25) is 0 Å². The van der Waals surface area contributed by atoms with Crippen LogP contribution < -0.4 is 5.73 Å². The molecule has 1 aromatic heterocycles. The second kappa shape index (κ2) is 6.74. The summed E-state index contributed by atoms with van der Waals surface area (Å²) in [5.41, 5.74) is 7.39. The van der Waals surface area contributed by atoms with Gasteiger partial charge in [0.25, 0.3) is 0 Å². The van der Waals surface area contributed by atoms with E-state index in [1.807, 2.05) is 0 Å². The summed E-state index contributed by atoms with van der Waals surface area (Å²) in [5, 5.41) is 0. The first-order chi connectivity index (χ1) is 7.71. The standard InChI is InChI=1S/C14H26N2/c1-4-7-14(15)13-8-9-16(11-13)10-12(5-2)6-3/h8-9,11-12,14H,4-7,10,15H2,1-3H3. The van der Waals surface area contributed by atoms with E-state index in [0.29, 0.717) is 0 Å². The Kier molecular flexibility index (Phi) is 5.61. The van der Waals surface area contributed by atoms with Crippen molar-refractivity contribution < 1.29 is 0 Å². The van der Waals surface area contributed by atoms with Crippen molar-refractivity contribution in [2.75, 3.05) is 0 Å². The Morgan fingerprint density at radius 3 is 2.50 bits per heavy atom. The Bertz CT molecular complexity index is 287. The summed E-state index contributed by atoms with van der Waals surface area (Å²) < 4.78 is 2.29. The minimum atomic E-state index is 0.216. The molecular weight excluding hydrogens is 196 g/mol. The number of nitrogens with zero attached hydrogens (tertiary/aromatic N) is 1. The fourth-order valence-corrected chi connectivity index (χ4v) is 2.11. The summed E-state index contributed by atoms with van der Waals surface area (Å²) in [7, 11) is 0. The Hall–Kier alpha value is -0.760. The molecule has 0 radical (unpaired) electrons. The van der Waals surface area contributed by atoms with Gasteiger partial charge < -0.3 is 10.3 Å². The monoisotopic (exact) mass is 222 g/mol. The Labute approximate surface area is 99.8 Å². The fourth-order valence-electron chi connectivity index (χ4n) is 2.11. The van der Waals surface area contributed by atoms with Crippen LogP contribution in [0.1, 0.15) is 58.1 Å². The molecule has 0 aliphatic heterocycles. The van der Waals surface area contributed by atoms with Crippen LogP contribution in [0.15, 0.2) is 18.5 Å². The van der Waals surface area contributed by atoms with Crippen molar-refractivity contribution in [3.63, 3.8) is 0 Å². The fraction of sp³-hybridized carbons (Fsp3) is 0.714. The molecule has 0 aliphatic carbocycles. The molecule has 0 bridgehead atoms. The third-order valence-corrected chi connectivity index (χ3v) is 3.42. The van der Waals surface area contributed by atoms with Crippen LogP contribution in [0.2, 0.25) is 0 Å². The zero-order valence-electron chi connectivity index (χ0n) is 10.9. The lowest BCUT2D eigenvalue weighted by Crippen LogP contribution is -2.10. The highest BCUT2D eigenvalue weighted by Gasteiger charge is 2.08. The highest BCUT2D eigenvalue weighted by Crippen LogP contribution is 2.18. The minimum Gasteiger partial charge on any atom is -0.354 e. The van der Waals surface area contributed by atoms with Gasteiger partial charge in [0.05, 0.1) is 0 Å². The summed E-state index contributed by atoms with van der Waals surface area (Å²) in [6, 6.07) is 2.39. The van der Waals surface area contributed by atoms with Crippen molar-refractivity contribution in [1.29, 1.82) is 0 Å². The molecule has 1 atom stereocenters. The lowest BCUT2D eigenvalue weighted by Gasteiger charge is -2.13. The van der Waals surface area contributed by atoms with Gasteiger partial charge in [-0.1, -0.05) is 40.0 Å². The zero-order chi connectivity index (χ0) is 12.0. The molecule has 2 N–H and O–H groups in total. The van der Waals surface area contributed by atoms with Gasteiger partial charge in [-0.25, -0.2) is 0 Å². The van der Waals surface area contributed by atoms with E-state index in [0.717, 1.165) is 25.3 Å². The summed E-state index contributed by atoms with van der Waals surface area (Å²) in [4.78, 5) is 0. The lowest BCUT2D eigenvalue weighted by atomic mass is 10.0. The Balaban J connectivity index is 2.57. The normalized spacial score (nSPS) is 13.3. The number of hydrogen-bond donors (Lipinski definition) is 1. The van der Waals surface area contributed by atoms with Gasteiger partial charge in [0.2, 0.25) is 0 Å². The van der Waals surface area contributed by atoms with E-state index in [1.54, 1.807) is 0 Å². The van der Waals surface area contributed by atoms with E-state index in [9.17, 15) is 0 Å². The maximum Gasteiger partial charge on any atom is 0.0309 e. The first-order valence-electron chi connectivity index (χ1n) is 6.62. The average Bonchev–Trinajstić information content (AvgIpc) is 2.74. The first kappa shape index (κ1) is 13.3. The van der Waals surface area contributed by atoms with Crippen LogP contribution in [0, 0.1) is 5.92 Å². The molecule has 1 aromatic rings. The highest BCUT2D eigenvalue weighted by molar-refractivity contribution is 5.14. The van der Waals surface area contributed by atoms with Crippen molar-refractivity contribution >= 4 is 0 Å². The smallest absolute Gasteiger partial charge is 0.0309 e. The van der Waals surface area contributed by atoms with E-state index in [-0.39, 0.29) is 6.04 Å². The largest absolute Gasteiger partial charge is 0.354 e. The van der Waals surface area contributed by atoms with Gasteiger partial charge >= 0.3 is 0 Å². The third-order valence-electron chi connectivity index (χ3n) is 3.42. The molecule has 0 aromatic carbocycles. The number of nitrogens with two attached hydrogens (primary N) is 1. The summed E-state index contributed by atoms with van der Waals surface area (Å²) >= 11 is 0. The van der Waals surface area contributed by atoms with E-state index in [2.05, 4.69) is 43.8 Å². The molecule has 2 heteroatoms. The molecule has 0 spiro atoms. The third kappa shape index (κ3) is 3.67. The summed E-state index contributed by atoms with van der Waals surface area (Å²) in [6.07, 6.45) is 9.13. The molecule has 1 heterocycles. The molecule has 0 saturated carbocycles. The van der Waals surface area contributed by atoms with Crippen LogP contribution in [0.25, 0.3) is 0 Å². The quantitative estimate of drug-likeness (QED) is 0.749. The molecule has 1 rings (SSSR count). The van der Waals surface area contributed by atoms with Crippen molar-refractivity contribution in [2.45, 2.75) is 59.0 Å². The van der Waals surface area contributed by atoms with E-state index < -0.39 is 0 Å². The second-order valence-corrected chi connectivity index (χ2v) is 4.72. The summed E-state index contributed by atoms with van der Waals surface area (Å²) in [6.45, 7) is 7.84. The highest BCUT2D eigenvalue weighted by atomic mass is 14.9. The molecule has 2 nitrogen and oxygen atoms in total. The summed E-state index contributed by atoms with van der Waals surface area (Å²) in [5.74, 6) is 0.794. The van der Waals surface area contributed by atoms with Crippen LogP contribution in [-0.4, -0.2) is 4.57 Å². The number of hydrogen-bond acceptors (Lipinski definition) is 1. The van der Waals surface area contributed by atoms with Crippen LogP contribution in [0.4, 0.5) is 0 Å². The van der Waals surface area contributed by atoms with Gasteiger partial charge in [-0.15, -0.1) is 0 Å². The van der Waals surface area contributed by atoms with Gasteiger partial charge in [0, 0.05) is 25.0 Å². The molecule has 92 valence electrons. The molecular formula is C14H26N2. The van der Waals surface area contributed by atoms with Crippen molar-refractivity contribution in [3.05, 3.63) is 24.0 Å². The first-order valence-corrected chi connectivity index (χ1v) is 6.62. The molecule has 16 heavy (non-hydrogen) atoms. The maximum atomic E-state index is 6.10. The molecule has 0 saturated heterocycles. The molecule has 0 aliphatic rings. The maximum absolute atomic E-state index is 6.10. The molecule has 0 amide bonds. The number of aromatic nitrogens is 1. The van der Waals surface area contributed by atoms with Crippen LogP contribution in [0.3, 0.4) is 0 Å². The van der Waals surface area contributed by atoms with Crippen LogP contribution in [-0.2, 0) is 6.54 Å². The number of rotatable bonds is 7. The van der Waals surface area contributed by atoms with Gasteiger partial charge in [0.15, 0.2) is 0 Å². The SMILES string of the molecule is CCCC(N)c1ccn(CC(CC)CC)c1. The van der Waals surface area contributed by atoms with Crippen molar-refractivity contribution in [3.8, 4) is 0 Å². The second-order valence-electron chi connectivity index (χ2n) is 4.72. The lowest BCUT2D eigenvalue weighted by molar-refractivity contribution is 0.418. The topological polar surface area (TPSA) is 30.9 Å². The Morgan fingerprint density at radius 2 is 1.94 bits per heavy atom. The molecule has 0 fully saturated rings. The molecule has 1 unspecified atom stereocenters. The predicted octanol–water partition coefficient (Wildman–Crippen LogP) is 3.72. The predicted molar refractivity (Wildman–Crippen MR) is 70.3 cm³/mol. The van der Waals surface area contributed by atoms with E-state index in [1.165, 1.54) is 18.4 Å². The van der Waals surface area contributed by atoms with Gasteiger partial charge in [-0.2, -0.15) is 0 Å². The Morgan fingerprint density at radius 1 is 1.25 bits per heavy atom. The van der Waals surface area contributed by atoms with E-state index in [4.69, 9.17) is 5.73 Å². The minimum absolute atomic E-state index is 0.216. The van der Waals surface area contributed by atoms with Gasteiger partial charge in [-0.05, 0) is 24.0 Å². The van der Waals surface area contributed by atoms with Crippen molar-refractivity contribution in [1.82, 2.24) is 4.57 Å².